The number of amides is 1. The fourth-order valence-corrected chi connectivity index (χ4v) is 3.98. The number of aliphatic imine (C=N–C) groups is 1. The number of likely N-dealkylation sites (N-methyl/N-ethyl adjacent to an activating group) is 1. The predicted molar refractivity (Wildman–Crippen MR) is 136 cm³/mol. The van der Waals surface area contributed by atoms with Crippen LogP contribution in [0.5, 0.6) is 5.75 Å². The number of nitriles is 1. The first-order valence-electron chi connectivity index (χ1n) is 11.2. The van der Waals surface area contributed by atoms with Crippen LogP contribution in [0.4, 0.5) is 14.5 Å². The number of nitrogens with two attached hydrogens (primary N) is 1. The van der Waals surface area contributed by atoms with Gasteiger partial charge in [0.1, 0.15) is 0 Å². The molecule has 194 valence electrons. The maximum Gasteiger partial charge on any atom is 0.388 e. The van der Waals surface area contributed by atoms with Gasteiger partial charge in [0.15, 0.2) is 11.9 Å². The van der Waals surface area contributed by atoms with Crippen LogP contribution in [0.1, 0.15) is 25.3 Å². The summed E-state index contributed by atoms with van der Waals surface area (Å²) in [4.78, 5) is 19.0. The van der Waals surface area contributed by atoms with Crippen molar-refractivity contribution in [1.82, 2.24) is 15.2 Å². The standard InChI is InChI=1S/C24H23Cl2F2N7O2/c1-2-34(21(36)7-4-10-29)20-13-35(33-22(20)15-8-9-18(25)19(26)11-15)24(31-14-30)32-16-5-3-6-17(12-16)37-23(27)28/h5,8-9,11-12,20,23H,2,4,7,10,13,29H2,1H3,(H,31,32). The minimum absolute atomic E-state index is 0.00406. The molecular formula is C24H23Cl2F2N7O2. The summed E-state index contributed by atoms with van der Waals surface area (Å²) in [7, 11) is 0. The summed E-state index contributed by atoms with van der Waals surface area (Å²) in [5, 5.41) is 18.5. The van der Waals surface area contributed by atoms with Gasteiger partial charge in [-0.05, 0) is 38.1 Å². The predicted octanol–water partition coefficient (Wildman–Crippen LogP) is 3.93. The highest BCUT2D eigenvalue weighted by Gasteiger charge is 2.36. The van der Waals surface area contributed by atoms with Crippen molar-refractivity contribution in [3.63, 3.8) is 0 Å². The zero-order valence-electron chi connectivity index (χ0n) is 19.7. The number of nitrogens with one attached hydrogen (secondary N) is 1. The van der Waals surface area contributed by atoms with Crippen molar-refractivity contribution in [2.24, 2.45) is 15.8 Å². The van der Waals surface area contributed by atoms with Crippen LogP contribution < -0.4 is 15.8 Å². The van der Waals surface area contributed by atoms with Crippen LogP contribution in [0.15, 0.2) is 40.4 Å². The molecule has 1 amide bonds. The summed E-state index contributed by atoms with van der Waals surface area (Å²) in [6, 6.07) is 12.0. The summed E-state index contributed by atoms with van der Waals surface area (Å²) in [6.07, 6.45) is 2.58. The molecule has 1 aliphatic rings. The lowest BCUT2D eigenvalue weighted by molar-refractivity contribution is -0.132. The summed E-state index contributed by atoms with van der Waals surface area (Å²) in [6.45, 7) is -0.291. The second kappa shape index (κ2) is 13.1. The molecule has 3 N–H and O–H groups in total. The van der Waals surface area contributed by atoms with Crippen molar-refractivity contribution in [3.8, 4) is 11.9 Å². The molecule has 0 radical (unpaired) electrons. The molecule has 0 saturated heterocycles. The Balaban J connectivity index is 2.03. The maximum absolute atomic E-state index is 13.0. The topological polar surface area (TPSA) is 119 Å². The zero-order chi connectivity index (χ0) is 26.9. The molecule has 0 aromatic heterocycles. The fourth-order valence-electron chi connectivity index (χ4n) is 3.68. The number of nitrogens with zero attached hydrogens (tertiary/aromatic N) is 5. The molecule has 0 saturated carbocycles. The summed E-state index contributed by atoms with van der Waals surface area (Å²) < 4.78 is 29.6. The van der Waals surface area contributed by atoms with Crippen LogP contribution in [-0.4, -0.2) is 59.8 Å². The molecule has 1 aliphatic heterocycles. The first kappa shape index (κ1) is 27.9. The largest absolute Gasteiger partial charge is 0.426 e. The molecule has 2 aromatic rings. The molecule has 37 heavy (non-hydrogen) atoms. The minimum Gasteiger partial charge on any atom is -0.426 e. The number of hydrogen-bond acceptors (Lipinski definition) is 6. The van der Waals surface area contributed by atoms with Crippen LogP contribution in [0.2, 0.25) is 10.0 Å². The van der Waals surface area contributed by atoms with Crippen molar-refractivity contribution >= 4 is 46.5 Å². The summed E-state index contributed by atoms with van der Waals surface area (Å²) in [5.74, 6) is -0.383. The van der Waals surface area contributed by atoms with E-state index in [0.717, 1.165) is 0 Å². The Labute approximate surface area is 223 Å². The first-order valence-corrected chi connectivity index (χ1v) is 12.0. The van der Waals surface area contributed by atoms with Gasteiger partial charge >= 0.3 is 6.61 Å². The molecule has 0 fully saturated rings. The third-order valence-corrected chi connectivity index (χ3v) is 6.03. The molecule has 1 atom stereocenters. The molecule has 0 aliphatic carbocycles. The highest BCUT2D eigenvalue weighted by molar-refractivity contribution is 6.42. The number of hydrazone groups is 1. The Bertz CT molecular complexity index is 1220. The molecule has 3 rings (SSSR count). The zero-order valence-corrected chi connectivity index (χ0v) is 21.2. The monoisotopic (exact) mass is 549 g/mol. The Morgan fingerprint density at radius 3 is 2.86 bits per heavy atom. The molecule has 0 bridgehead atoms. The number of halogens is 4. The van der Waals surface area contributed by atoms with Gasteiger partial charge in [-0.15, -0.1) is 0 Å². The molecule has 9 nitrogen and oxygen atoms in total. The molecule has 1 heterocycles. The maximum atomic E-state index is 13.0. The van der Waals surface area contributed by atoms with E-state index in [4.69, 9.17) is 28.9 Å². The highest BCUT2D eigenvalue weighted by atomic mass is 35.5. The van der Waals surface area contributed by atoms with E-state index in [-0.39, 0.29) is 36.3 Å². The number of carbonyl (C=O) groups is 1. The van der Waals surface area contributed by atoms with Crippen molar-refractivity contribution in [2.45, 2.75) is 32.4 Å². The van der Waals surface area contributed by atoms with Crippen LogP contribution in [0.3, 0.4) is 0 Å². The first-order chi connectivity index (χ1) is 17.8. The molecule has 0 spiro atoms. The molecule has 1 unspecified atom stereocenters. The number of ether oxygens (including phenoxy) is 1. The SMILES string of the molecule is CCN(C(=O)CCCN)C1CN(C(=Nc2cc#cc(OC(F)F)c2)NC#N)N=C1c1ccc(Cl)c(Cl)c1. The van der Waals surface area contributed by atoms with E-state index in [2.05, 4.69) is 32.3 Å². The normalized spacial score (nSPS) is 15.2. The van der Waals surface area contributed by atoms with Gasteiger partial charge in [-0.1, -0.05) is 35.3 Å². The lowest BCUT2D eigenvalue weighted by Gasteiger charge is -2.29. The van der Waals surface area contributed by atoms with Gasteiger partial charge in [0, 0.05) is 30.7 Å². The van der Waals surface area contributed by atoms with Crippen LogP contribution in [-0.2, 0) is 4.79 Å². The van der Waals surface area contributed by atoms with Gasteiger partial charge in [-0.2, -0.15) is 19.1 Å². The van der Waals surface area contributed by atoms with Gasteiger partial charge in [0.2, 0.25) is 11.9 Å². The number of rotatable bonds is 9. The lowest BCUT2D eigenvalue weighted by atomic mass is 10.0. The average Bonchev–Trinajstić information content (AvgIpc) is 3.29. The molecule has 2 aromatic carbocycles. The number of hydrogen-bond donors (Lipinski definition) is 2. The van der Waals surface area contributed by atoms with E-state index in [1.807, 2.05) is 6.92 Å². The molecule has 13 heteroatoms. The second-order valence-electron chi connectivity index (χ2n) is 7.68. The summed E-state index contributed by atoms with van der Waals surface area (Å²) in [5.41, 5.74) is 6.87. The van der Waals surface area contributed by atoms with Crippen molar-refractivity contribution in [1.29, 1.82) is 5.26 Å². The van der Waals surface area contributed by atoms with Crippen LogP contribution in [0.25, 0.3) is 0 Å². The number of carbonyl (C=O) groups excluding carboxylic acids is 1. The number of guanidine groups is 1. The van der Waals surface area contributed by atoms with E-state index in [1.165, 1.54) is 17.1 Å². The van der Waals surface area contributed by atoms with Crippen molar-refractivity contribution in [3.05, 3.63) is 58.1 Å². The van der Waals surface area contributed by atoms with E-state index < -0.39 is 12.7 Å². The average molecular weight is 550 g/mol. The van der Waals surface area contributed by atoms with Crippen LogP contribution in [0, 0.1) is 23.6 Å². The van der Waals surface area contributed by atoms with Gasteiger partial charge < -0.3 is 15.4 Å². The Morgan fingerprint density at radius 2 is 2.22 bits per heavy atom. The van der Waals surface area contributed by atoms with Gasteiger partial charge in [0.05, 0.1) is 34.0 Å². The highest BCUT2D eigenvalue weighted by Crippen LogP contribution is 2.27. The lowest BCUT2D eigenvalue weighted by Crippen LogP contribution is -2.48. The van der Waals surface area contributed by atoms with E-state index >= 15 is 0 Å². The second-order valence-corrected chi connectivity index (χ2v) is 8.50. The van der Waals surface area contributed by atoms with Gasteiger partial charge in [-0.25, -0.2) is 10.0 Å². The van der Waals surface area contributed by atoms with Crippen molar-refractivity contribution < 1.29 is 18.3 Å². The molecular weight excluding hydrogens is 527 g/mol. The van der Waals surface area contributed by atoms with E-state index in [1.54, 1.807) is 29.3 Å². The van der Waals surface area contributed by atoms with E-state index in [0.29, 0.717) is 40.8 Å². The summed E-state index contributed by atoms with van der Waals surface area (Å²) >= 11 is 12.3. The fraction of sp³-hybridized carbons (Fsp3) is 0.333. The Hall–Kier alpha value is -3.64. The van der Waals surface area contributed by atoms with Crippen LogP contribution >= 0.6 is 23.2 Å². The third kappa shape index (κ3) is 7.20. The van der Waals surface area contributed by atoms with Gasteiger partial charge in [-0.3, -0.25) is 10.1 Å². The quantitative estimate of drug-likeness (QED) is 0.211. The van der Waals surface area contributed by atoms with Gasteiger partial charge in [0.25, 0.3) is 0 Å². The van der Waals surface area contributed by atoms with Crippen molar-refractivity contribution in [2.75, 3.05) is 19.6 Å². The number of alkyl halides is 2. The Kier molecular flexibility index (Phi) is 9.86. The smallest absolute Gasteiger partial charge is 0.388 e. The third-order valence-electron chi connectivity index (χ3n) is 5.29. The minimum atomic E-state index is -3.05. The van der Waals surface area contributed by atoms with E-state index in [9.17, 15) is 18.8 Å². The number of benzene rings is 1. The Morgan fingerprint density at radius 1 is 1.43 bits per heavy atom.